The van der Waals surface area contributed by atoms with Crippen LogP contribution in [0.3, 0.4) is 0 Å². The summed E-state index contributed by atoms with van der Waals surface area (Å²) in [5.41, 5.74) is 1.93. The molecule has 3 amide bonds. The number of methoxy groups -OCH3 is 1. The lowest BCUT2D eigenvalue weighted by Gasteiger charge is -2.36. The molecule has 47 heavy (non-hydrogen) atoms. The standard InChI is InChI=1S/C37H47N3O7/c1-26(12-11-16-34(43)40-24-28-14-7-6-13-27(28)22-30(40)25-41)37(46)31-23-29(38-20-9-4-3-5-15-33(38)42)18-19-32(31)39(36(37)45)21-10-8-17-35(44)47-2/h6-7,11-14,18-19,23,26,30,41,46H,3-5,8-10,15-17,20-22,24-25H2,1-2H3/b12-11+/t26-,30-,37+/m0/s1. The Balaban J connectivity index is 1.37. The van der Waals surface area contributed by atoms with E-state index in [-0.39, 0.29) is 43.3 Å². The summed E-state index contributed by atoms with van der Waals surface area (Å²) in [5, 5.41) is 22.3. The summed E-state index contributed by atoms with van der Waals surface area (Å²) in [6.07, 6.45) is 9.58. The Hall–Kier alpha value is -4.02. The van der Waals surface area contributed by atoms with Gasteiger partial charge in [0.05, 0.1) is 25.4 Å². The largest absolute Gasteiger partial charge is 0.469 e. The predicted octanol–water partition coefficient (Wildman–Crippen LogP) is 4.39. The molecule has 2 N–H and O–H groups in total. The Morgan fingerprint density at radius 2 is 1.83 bits per heavy atom. The van der Waals surface area contributed by atoms with E-state index in [1.54, 1.807) is 45.9 Å². The van der Waals surface area contributed by atoms with Gasteiger partial charge in [-0.3, -0.25) is 19.2 Å². The van der Waals surface area contributed by atoms with Crippen molar-refractivity contribution in [2.24, 2.45) is 5.92 Å². The molecule has 1 saturated heterocycles. The van der Waals surface area contributed by atoms with E-state index < -0.39 is 17.4 Å². The molecule has 252 valence electrons. The number of unbranched alkanes of at least 4 members (excludes halogenated alkanes) is 1. The summed E-state index contributed by atoms with van der Waals surface area (Å²) >= 11 is 0. The first-order chi connectivity index (χ1) is 22.7. The molecular weight excluding hydrogens is 598 g/mol. The van der Waals surface area contributed by atoms with Crippen LogP contribution in [-0.2, 0) is 42.5 Å². The second-order valence-electron chi connectivity index (χ2n) is 12.9. The van der Waals surface area contributed by atoms with Gasteiger partial charge in [0.1, 0.15) is 0 Å². The van der Waals surface area contributed by atoms with Crippen LogP contribution in [0.2, 0.25) is 0 Å². The van der Waals surface area contributed by atoms with Crippen molar-refractivity contribution in [3.63, 3.8) is 0 Å². The van der Waals surface area contributed by atoms with Gasteiger partial charge >= 0.3 is 5.97 Å². The molecule has 3 heterocycles. The molecule has 10 nitrogen and oxygen atoms in total. The number of aliphatic hydroxyl groups is 2. The lowest BCUT2D eigenvalue weighted by molar-refractivity contribution is -0.140. The summed E-state index contributed by atoms with van der Waals surface area (Å²) in [5.74, 6) is -1.60. The van der Waals surface area contributed by atoms with Gasteiger partial charge in [0, 0.05) is 56.1 Å². The fourth-order valence-electron chi connectivity index (χ4n) is 7.07. The molecular formula is C37H47N3O7. The Kier molecular flexibility index (Phi) is 11.1. The van der Waals surface area contributed by atoms with Crippen molar-refractivity contribution in [1.29, 1.82) is 0 Å². The van der Waals surface area contributed by atoms with Gasteiger partial charge in [-0.25, -0.2) is 0 Å². The van der Waals surface area contributed by atoms with Crippen molar-refractivity contribution < 1.29 is 34.1 Å². The third kappa shape index (κ3) is 7.28. The van der Waals surface area contributed by atoms with Crippen molar-refractivity contribution >= 4 is 35.1 Å². The number of rotatable bonds is 11. The summed E-state index contributed by atoms with van der Waals surface area (Å²) in [6, 6.07) is 13.0. The molecule has 2 aromatic rings. The van der Waals surface area contributed by atoms with Gasteiger partial charge in [-0.05, 0) is 61.4 Å². The van der Waals surface area contributed by atoms with E-state index in [0.717, 1.165) is 36.8 Å². The van der Waals surface area contributed by atoms with Crippen molar-refractivity contribution in [2.45, 2.75) is 89.3 Å². The van der Waals surface area contributed by atoms with Crippen molar-refractivity contribution in [3.05, 3.63) is 71.3 Å². The average Bonchev–Trinajstić information content (AvgIpc) is 3.29. The number of fused-ring (bicyclic) bond motifs is 2. The predicted molar refractivity (Wildman–Crippen MR) is 178 cm³/mol. The van der Waals surface area contributed by atoms with Crippen molar-refractivity contribution in [3.8, 4) is 0 Å². The fourth-order valence-corrected chi connectivity index (χ4v) is 7.07. The van der Waals surface area contributed by atoms with Crippen LogP contribution in [0.5, 0.6) is 0 Å². The number of hydrogen-bond donors (Lipinski definition) is 2. The number of carbonyl (C=O) groups is 4. The summed E-state index contributed by atoms with van der Waals surface area (Å²) in [6.45, 7) is 2.92. The number of nitrogens with zero attached hydrogens (tertiary/aromatic N) is 3. The van der Waals surface area contributed by atoms with Crippen LogP contribution in [0.15, 0.2) is 54.6 Å². The monoisotopic (exact) mass is 645 g/mol. The van der Waals surface area contributed by atoms with Gasteiger partial charge in [0.15, 0.2) is 5.60 Å². The van der Waals surface area contributed by atoms with Crippen molar-refractivity contribution in [2.75, 3.05) is 36.6 Å². The van der Waals surface area contributed by atoms with Gasteiger partial charge < -0.3 is 29.6 Å². The third-order valence-corrected chi connectivity index (χ3v) is 9.89. The summed E-state index contributed by atoms with van der Waals surface area (Å²) in [4.78, 5) is 57.2. The first-order valence-electron chi connectivity index (χ1n) is 16.9. The molecule has 1 fully saturated rings. The zero-order valence-corrected chi connectivity index (χ0v) is 27.5. The third-order valence-electron chi connectivity index (χ3n) is 9.89. The molecule has 0 spiro atoms. The molecule has 10 heteroatoms. The SMILES string of the molecule is COC(=O)CCCCN1C(=O)[C@@](O)([C@@H](C)/C=C/CC(=O)N2Cc3ccccc3C[C@H]2CO)c2cc(N3CCCCCCC3=O)ccc21. The highest BCUT2D eigenvalue weighted by Gasteiger charge is 2.52. The molecule has 0 radical (unpaired) electrons. The van der Waals surface area contributed by atoms with Gasteiger partial charge in [0.2, 0.25) is 11.8 Å². The molecule has 2 aromatic carbocycles. The minimum absolute atomic E-state index is 0.0326. The highest BCUT2D eigenvalue weighted by molar-refractivity contribution is 6.08. The van der Waals surface area contributed by atoms with Crippen molar-refractivity contribution in [1.82, 2.24) is 4.90 Å². The highest BCUT2D eigenvalue weighted by atomic mass is 16.5. The number of benzene rings is 2. The van der Waals surface area contributed by atoms with E-state index >= 15 is 0 Å². The molecule has 3 aliphatic heterocycles. The Morgan fingerprint density at radius 1 is 1.06 bits per heavy atom. The molecule has 0 bridgehead atoms. The number of amides is 3. The Bertz CT molecular complexity index is 1510. The molecule has 0 unspecified atom stereocenters. The number of hydrogen-bond acceptors (Lipinski definition) is 7. The first-order valence-corrected chi connectivity index (χ1v) is 16.9. The minimum Gasteiger partial charge on any atom is -0.469 e. The number of anilines is 2. The van der Waals surface area contributed by atoms with E-state index in [4.69, 9.17) is 4.74 Å². The smallest absolute Gasteiger partial charge is 0.305 e. The summed E-state index contributed by atoms with van der Waals surface area (Å²) < 4.78 is 4.74. The van der Waals surface area contributed by atoms with Gasteiger partial charge in [-0.1, -0.05) is 56.2 Å². The van der Waals surface area contributed by atoms with E-state index in [9.17, 15) is 29.4 Å². The Morgan fingerprint density at radius 3 is 2.60 bits per heavy atom. The van der Waals surface area contributed by atoms with Crippen LogP contribution >= 0.6 is 0 Å². The normalized spacial score (nSPS) is 22.1. The molecule has 0 aliphatic carbocycles. The molecule has 3 atom stereocenters. The van der Waals surface area contributed by atoms with Gasteiger partial charge in [0.25, 0.3) is 5.91 Å². The summed E-state index contributed by atoms with van der Waals surface area (Å²) in [7, 11) is 1.34. The second kappa shape index (κ2) is 15.3. The number of ether oxygens (including phenoxy) is 1. The fraction of sp³-hybridized carbons (Fsp3) is 0.514. The van der Waals surface area contributed by atoms with Crippen LogP contribution in [0, 0.1) is 5.92 Å². The molecule has 0 aromatic heterocycles. The van der Waals surface area contributed by atoms with Crippen LogP contribution in [0.4, 0.5) is 11.4 Å². The van der Waals surface area contributed by atoms with Crippen LogP contribution in [-0.4, -0.2) is 71.7 Å². The number of aliphatic hydroxyl groups excluding tert-OH is 1. The molecule has 0 saturated carbocycles. The maximum Gasteiger partial charge on any atom is 0.305 e. The first kappa shape index (κ1) is 34.3. The van der Waals surface area contributed by atoms with E-state index in [1.165, 1.54) is 7.11 Å². The quantitative estimate of drug-likeness (QED) is 0.211. The zero-order chi connectivity index (χ0) is 33.6. The lowest BCUT2D eigenvalue weighted by atomic mass is 9.82. The lowest BCUT2D eigenvalue weighted by Crippen LogP contribution is -2.46. The maximum atomic E-state index is 14.1. The van der Waals surface area contributed by atoms with E-state index in [2.05, 4.69) is 0 Å². The molecule has 5 rings (SSSR count). The van der Waals surface area contributed by atoms with E-state index in [1.807, 2.05) is 30.3 Å². The number of carbonyl (C=O) groups excluding carboxylic acids is 4. The average molecular weight is 646 g/mol. The minimum atomic E-state index is -1.92. The topological polar surface area (TPSA) is 128 Å². The highest BCUT2D eigenvalue weighted by Crippen LogP contribution is 2.47. The number of esters is 1. The Labute approximate surface area is 277 Å². The second-order valence-corrected chi connectivity index (χ2v) is 12.9. The zero-order valence-electron chi connectivity index (χ0n) is 27.5. The van der Waals surface area contributed by atoms with Crippen LogP contribution in [0.25, 0.3) is 0 Å². The van der Waals surface area contributed by atoms with Gasteiger partial charge in [-0.15, -0.1) is 0 Å². The maximum absolute atomic E-state index is 14.1. The van der Waals surface area contributed by atoms with E-state index in [0.29, 0.717) is 62.3 Å². The van der Waals surface area contributed by atoms with Gasteiger partial charge in [-0.2, -0.15) is 0 Å². The van der Waals surface area contributed by atoms with Crippen LogP contribution < -0.4 is 9.80 Å². The van der Waals surface area contributed by atoms with Crippen LogP contribution in [0.1, 0.15) is 81.4 Å². The molecule has 3 aliphatic rings.